The van der Waals surface area contributed by atoms with Crippen LogP contribution in [0.5, 0.6) is 0 Å². The fourth-order valence-electron chi connectivity index (χ4n) is 2.90. The third-order valence-corrected chi connectivity index (χ3v) is 5.19. The lowest BCUT2D eigenvalue weighted by atomic mass is 10.3. The van der Waals surface area contributed by atoms with Crippen LogP contribution in [0.3, 0.4) is 0 Å². The summed E-state index contributed by atoms with van der Waals surface area (Å²) in [7, 11) is 1.66. The molecule has 0 aliphatic rings. The second kappa shape index (κ2) is 29.6. The fraction of sp³-hybridized carbons (Fsp3) is 1.00. The summed E-state index contributed by atoms with van der Waals surface area (Å²) in [6.45, 7) is 19.9. The van der Waals surface area contributed by atoms with Crippen molar-refractivity contribution in [2.75, 3.05) is 86.4 Å². The summed E-state index contributed by atoms with van der Waals surface area (Å²) in [5, 5.41) is 25.4. The van der Waals surface area contributed by atoms with Gasteiger partial charge in [-0.25, -0.2) is 0 Å². The van der Waals surface area contributed by atoms with E-state index in [4.69, 9.17) is 48.1 Å². The Morgan fingerprint density at radius 3 is 0.878 bits per heavy atom. The Balaban J connectivity index is 0. The van der Waals surface area contributed by atoms with Crippen LogP contribution in [0.15, 0.2) is 0 Å². The van der Waals surface area contributed by atoms with E-state index in [2.05, 4.69) is 4.74 Å². The molecule has 0 aliphatic carbocycles. The van der Waals surface area contributed by atoms with Gasteiger partial charge in [-0.05, 0) is 55.4 Å². The Morgan fingerprint density at radius 1 is 0.415 bits per heavy atom. The van der Waals surface area contributed by atoms with Gasteiger partial charge < -0.3 is 58.0 Å². The lowest BCUT2D eigenvalue weighted by Gasteiger charge is -2.23. The molecule has 0 spiro atoms. The fourth-order valence-corrected chi connectivity index (χ4v) is 2.90. The van der Waals surface area contributed by atoms with Crippen molar-refractivity contribution in [2.24, 2.45) is 0 Å². The third-order valence-electron chi connectivity index (χ3n) is 5.19. The highest BCUT2D eigenvalue weighted by Crippen LogP contribution is 2.05. The molecule has 8 atom stereocenters. The summed E-state index contributed by atoms with van der Waals surface area (Å²) in [5.74, 6) is 0. The third kappa shape index (κ3) is 32.3. The molecule has 0 radical (unpaired) electrons. The van der Waals surface area contributed by atoms with Crippen molar-refractivity contribution in [1.82, 2.24) is 0 Å². The van der Waals surface area contributed by atoms with Crippen molar-refractivity contribution in [3.8, 4) is 0 Å². The van der Waals surface area contributed by atoms with Crippen LogP contribution in [0.2, 0.25) is 0 Å². The molecule has 0 rings (SSSR count). The van der Waals surface area contributed by atoms with E-state index in [1.165, 1.54) is 0 Å². The molecular formula is C29H62O12. The summed E-state index contributed by atoms with van der Waals surface area (Å²) in [5.41, 5.74) is 0. The molecule has 3 N–H and O–H groups in total. The largest absolute Gasteiger partial charge is 0.394 e. The smallest absolute Gasteiger partial charge is 0.0781 e. The molecule has 0 saturated carbocycles. The average molecular weight is 603 g/mol. The van der Waals surface area contributed by atoms with Crippen LogP contribution in [0.25, 0.3) is 0 Å². The predicted molar refractivity (Wildman–Crippen MR) is 156 cm³/mol. The first-order valence-corrected chi connectivity index (χ1v) is 14.7. The standard InChI is InChI=1S/C25H52O9.C4H10O3/c1-18(26)10-28-20(3)12-30-22(5)14-32-24(7)16-34-25(8)17-33-23(6)15-31-21(4)13-29-19(2)11-27-9;5-1-3-7-4-2-6/h18-26H,10-17H2,1-9H3;5-6H,1-4H2. The Morgan fingerprint density at radius 2 is 0.659 bits per heavy atom. The predicted octanol–water partition coefficient (Wildman–Crippen LogP) is 1.84. The monoisotopic (exact) mass is 602 g/mol. The Bertz CT molecular complexity index is 524. The van der Waals surface area contributed by atoms with E-state index in [-0.39, 0.29) is 55.9 Å². The van der Waals surface area contributed by atoms with Crippen LogP contribution in [-0.2, 0) is 42.6 Å². The summed E-state index contributed by atoms with van der Waals surface area (Å²) < 4.78 is 49.9. The van der Waals surface area contributed by atoms with Gasteiger partial charge in [0.2, 0.25) is 0 Å². The maximum Gasteiger partial charge on any atom is 0.0781 e. The van der Waals surface area contributed by atoms with E-state index < -0.39 is 6.10 Å². The summed E-state index contributed by atoms with van der Waals surface area (Å²) in [6.07, 6.45) is -0.714. The van der Waals surface area contributed by atoms with Crippen molar-refractivity contribution < 1.29 is 58.0 Å². The number of hydrogen-bond donors (Lipinski definition) is 3. The Hall–Kier alpha value is -0.480. The van der Waals surface area contributed by atoms with Crippen LogP contribution in [0.4, 0.5) is 0 Å². The van der Waals surface area contributed by atoms with Crippen molar-refractivity contribution in [3.05, 3.63) is 0 Å². The zero-order valence-corrected chi connectivity index (χ0v) is 27.1. The van der Waals surface area contributed by atoms with Crippen molar-refractivity contribution >= 4 is 0 Å². The number of aliphatic hydroxyl groups excluding tert-OH is 3. The molecule has 0 fully saturated rings. The van der Waals surface area contributed by atoms with E-state index in [1.807, 2.05) is 48.5 Å². The van der Waals surface area contributed by atoms with Crippen molar-refractivity contribution in [2.45, 2.75) is 104 Å². The topological polar surface area (TPSA) is 144 Å². The summed E-state index contributed by atoms with van der Waals surface area (Å²) >= 11 is 0. The number of hydrogen-bond acceptors (Lipinski definition) is 12. The molecule has 250 valence electrons. The molecular weight excluding hydrogens is 540 g/mol. The second-order valence-electron chi connectivity index (χ2n) is 10.4. The van der Waals surface area contributed by atoms with Gasteiger partial charge in [0, 0.05) is 7.11 Å². The van der Waals surface area contributed by atoms with E-state index in [9.17, 15) is 5.11 Å². The molecule has 41 heavy (non-hydrogen) atoms. The highest BCUT2D eigenvalue weighted by molar-refractivity contribution is 4.59. The molecule has 0 bridgehead atoms. The molecule has 8 unspecified atom stereocenters. The van der Waals surface area contributed by atoms with Crippen molar-refractivity contribution in [3.63, 3.8) is 0 Å². The van der Waals surface area contributed by atoms with Gasteiger partial charge in [-0.2, -0.15) is 0 Å². The second-order valence-corrected chi connectivity index (χ2v) is 10.4. The first-order valence-electron chi connectivity index (χ1n) is 14.7. The first kappa shape index (κ1) is 42.7. The Kier molecular flexibility index (Phi) is 30.8. The molecule has 0 aromatic rings. The van der Waals surface area contributed by atoms with Gasteiger partial charge in [0.25, 0.3) is 0 Å². The van der Waals surface area contributed by atoms with Crippen molar-refractivity contribution in [1.29, 1.82) is 0 Å². The van der Waals surface area contributed by atoms with E-state index in [0.29, 0.717) is 66.1 Å². The molecule has 0 aromatic heterocycles. The van der Waals surface area contributed by atoms with Gasteiger partial charge in [0.1, 0.15) is 0 Å². The van der Waals surface area contributed by atoms with Crippen LogP contribution in [-0.4, -0.2) is 151 Å². The van der Waals surface area contributed by atoms with Gasteiger partial charge in [-0.1, -0.05) is 0 Å². The van der Waals surface area contributed by atoms with Gasteiger partial charge in [-0.3, -0.25) is 0 Å². The van der Waals surface area contributed by atoms with Gasteiger partial charge >= 0.3 is 0 Å². The number of aliphatic hydroxyl groups is 3. The molecule has 0 saturated heterocycles. The number of methoxy groups -OCH3 is 1. The maximum atomic E-state index is 9.25. The van der Waals surface area contributed by atoms with E-state index in [1.54, 1.807) is 14.0 Å². The molecule has 0 aromatic carbocycles. The van der Waals surface area contributed by atoms with Crippen LogP contribution < -0.4 is 0 Å². The summed E-state index contributed by atoms with van der Waals surface area (Å²) in [6, 6.07) is 0. The van der Waals surface area contributed by atoms with Gasteiger partial charge in [0.05, 0.1) is 128 Å². The zero-order chi connectivity index (χ0) is 31.5. The molecule has 12 heteroatoms. The zero-order valence-electron chi connectivity index (χ0n) is 27.1. The van der Waals surface area contributed by atoms with E-state index >= 15 is 0 Å². The van der Waals surface area contributed by atoms with Gasteiger partial charge in [-0.15, -0.1) is 0 Å². The van der Waals surface area contributed by atoms with E-state index in [0.717, 1.165) is 0 Å². The minimum Gasteiger partial charge on any atom is -0.394 e. The maximum absolute atomic E-state index is 9.25. The van der Waals surface area contributed by atoms with Crippen LogP contribution in [0.1, 0.15) is 55.4 Å². The lowest BCUT2D eigenvalue weighted by Crippen LogP contribution is -2.30. The SMILES string of the molecule is COCC(C)OCC(C)OCC(C)OCC(C)OCC(C)OCC(C)OCC(C)OCC(C)O.OCCOCCO. The lowest BCUT2D eigenvalue weighted by molar-refractivity contribution is -0.108. The molecule has 0 heterocycles. The normalized spacial score (nSPS) is 17.6. The molecule has 0 aliphatic heterocycles. The molecule has 0 amide bonds. The quantitative estimate of drug-likeness (QED) is 0.118. The highest BCUT2D eigenvalue weighted by Gasteiger charge is 2.14. The minimum atomic E-state index is -0.474. The number of ether oxygens (including phenoxy) is 9. The van der Waals surface area contributed by atoms with Crippen LogP contribution >= 0.6 is 0 Å². The Labute approximate surface area is 248 Å². The average Bonchev–Trinajstić information content (AvgIpc) is 2.94. The van der Waals surface area contributed by atoms with Crippen LogP contribution in [0, 0.1) is 0 Å². The molecule has 12 nitrogen and oxygen atoms in total. The first-order chi connectivity index (χ1) is 19.4. The summed E-state index contributed by atoms with van der Waals surface area (Å²) in [4.78, 5) is 0. The van der Waals surface area contributed by atoms with Gasteiger partial charge in [0.15, 0.2) is 0 Å². The number of rotatable bonds is 27. The highest BCUT2D eigenvalue weighted by atomic mass is 16.6. The minimum absolute atomic E-state index is 0.0108.